The minimum absolute atomic E-state index is 0.0100. The Hall–Kier alpha value is -6.72. The lowest BCUT2D eigenvalue weighted by Crippen LogP contribution is -2.12. The van der Waals surface area contributed by atoms with E-state index in [2.05, 4.69) is 15.0 Å². The lowest BCUT2D eigenvalue weighted by molar-refractivity contribution is 0.409. The van der Waals surface area contributed by atoms with E-state index in [0.29, 0.717) is 22.5 Å². The molecule has 67 heavy (non-hydrogen) atoms. The van der Waals surface area contributed by atoms with Crippen LogP contribution in [-0.4, -0.2) is 15.0 Å². The number of nitrogens with zero attached hydrogens (tertiary/aromatic N) is 3. The fourth-order valence-corrected chi connectivity index (χ4v) is 7.79. The van der Waals surface area contributed by atoms with Crippen molar-refractivity contribution in [3.63, 3.8) is 0 Å². The van der Waals surface area contributed by atoms with Gasteiger partial charge >= 0.3 is 0 Å². The highest BCUT2D eigenvalue weighted by Crippen LogP contribution is 2.37. The van der Waals surface area contributed by atoms with E-state index in [4.69, 9.17) is 7.16 Å². The van der Waals surface area contributed by atoms with Gasteiger partial charge in [-0.25, -0.2) is 4.39 Å². The first-order valence-corrected chi connectivity index (χ1v) is 22.0. The summed E-state index contributed by atoms with van der Waals surface area (Å²) in [7, 11) is 0. The van der Waals surface area contributed by atoms with Gasteiger partial charge in [-0.2, -0.15) is 0 Å². The van der Waals surface area contributed by atoms with Crippen LogP contribution in [0.25, 0.3) is 55.7 Å². The summed E-state index contributed by atoms with van der Waals surface area (Å²) in [6, 6.07) is 29.0. The summed E-state index contributed by atoms with van der Waals surface area (Å²) < 4.78 is 193. The number of hydrogen-bond donors (Lipinski definition) is 0. The third-order valence-corrected chi connectivity index (χ3v) is 11.0. The SMILES string of the molecule is [2H]c1cc2oc3c(-c4cc(C([2H])([2H])C(C)(C)C)c(C([2H])([2H])C([2H])([2H])c5cc(C([2H])([2H])C([2H])([2H])c6cnc(-c7ccccc7)cc6C([2H])(C)C)cc(C([2H])([2H])C([2H])([2H])c6cnc(-c7ccccc7)cc6C([2H])(C)C)c5)cn4)cccc3c2c([2H])c1F. The molecule has 338 valence electrons. The van der Waals surface area contributed by atoms with Gasteiger partial charge in [0.15, 0.2) is 0 Å². The second-order valence-corrected chi connectivity index (χ2v) is 17.8. The second-order valence-electron chi connectivity index (χ2n) is 17.8. The summed E-state index contributed by atoms with van der Waals surface area (Å²) in [5, 5.41) is 0.323. The van der Waals surface area contributed by atoms with E-state index >= 15 is 0 Å². The van der Waals surface area contributed by atoms with Crippen molar-refractivity contribution in [2.75, 3.05) is 0 Å². The van der Waals surface area contributed by atoms with Crippen molar-refractivity contribution in [2.45, 2.75) is 105 Å². The monoisotopic (exact) mass is 902 g/mol. The number of halogens is 1. The third kappa shape index (κ3) is 10.6. The Kier molecular flexibility index (Phi) is 8.34. The summed E-state index contributed by atoms with van der Waals surface area (Å²) in [5.41, 5.74) is -3.29. The van der Waals surface area contributed by atoms with Gasteiger partial charge in [0.2, 0.25) is 0 Å². The first kappa shape index (κ1) is 28.5. The normalized spacial score (nSPS) is 17.7. The van der Waals surface area contributed by atoms with Gasteiger partial charge in [0, 0.05) is 68.0 Å². The lowest BCUT2D eigenvalue weighted by atomic mass is 9.85. The van der Waals surface area contributed by atoms with E-state index in [0.717, 1.165) is 42.9 Å². The van der Waals surface area contributed by atoms with Crippen LogP contribution in [0.5, 0.6) is 0 Å². The zero-order valence-corrected chi connectivity index (χ0v) is 38.4. The molecular formula is C62H62FN3O. The average Bonchev–Trinajstić information content (AvgIpc) is 0.950. The van der Waals surface area contributed by atoms with Gasteiger partial charge in [0.25, 0.3) is 0 Å². The molecule has 0 amide bonds. The molecule has 0 bridgehead atoms. The Morgan fingerprint density at radius 3 is 1.60 bits per heavy atom. The molecule has 0 N–H and O–H groups in total. The summed E-state index contributed by atoms with van der Waals surface area (Å²) >= 11 is 0. The molecule has 9 rings (SSSR count). The Labute approximate surface area is 421 Å². The number of fused-ring (bicyclic) bond motifs is 3. The van der Waals surface area contributed by atoms with Crippen LogP contribution < -0.4 is 0 Å². The summed E-state index contributed by atoms with van der Waals surface area (Å²) in [4.78, 5) is 13.6. The molecule has 0 aliphatic rings. The van der Waals surface area contributed by atoms with E-state index in [1.165, 1.54) is 45.9 Å². The van der Waals surface area contributed by atoms with Crippen molar-refractivity contribution in [1.29, 1.82) is 0 Å². The first-order valence-electron chi connectivity index (χ1n) is 31.0. The van der Waals surface area contributed by atoms with Crippen molar-refractivity contribution < 1.29 is 33.5 Å². The summed E-state index contributed by atoms with van der Waals surface area (Å²) in [5.74, 6) is -4.27. The maximum atomic E-state index is 15.0. The van der Waals surface area contributed by atoms with Gasteiger partial charge in [-0.05, 0) is 154 Å². The molecule has 4 nitrogen and oxygen atoms in total. The van der Waals surface area contributed by atoms with Crippen LogP contribution in [0.4, 0.5) is 4.39 Å². The molecule has 5 aromatic carbocycles. The molecule has 0 spiro atoms. The quantitative estimate of drug-likeness (QED) is 0.103. The second kappa shape index (κ2) is 19.6. The predicted molar refractivity (Wildman–Crippen MR) is 276 cm³/mol. The number of aryl methyl sites for hydroxylation is 6. The Morgan fingerprint density at radius 2 is 1.07 bits per heavy atom. The van der Waals surface area contributed by atoms with E-state index in [9.17, 15) is 26.3 Å². The molecule has 0 aliphatic carbocycles. The maximum absolute atomic E-state index is 15.0. The van der Waals surface area contributed by atoms with Gasteiger partial charge in [0.05, 0.1) is 19.8 Å². The van der Waals surface area contributed by atoms with Crippen LogP contribution >= 0.6 is 0 Å². The van der Waals surface area contributed by atoms with Crippen molar-refractivity contribution in [3.8, 4) is 33.8 Å². The molecule has 4 heterocycles. The largest absolute Gasteiger partial charge is 0.455 e. The molecule has 0 aliphatic heterocycles. The van der Waals surface area contributed by atoms with Crippen LogP contribution in [0.15, 0.2) is 156 Å². The number of hydrogen-bond acceptors (Lipinski definition) is 4. The number of pyridine rings is 3. The van der Waals surface area contributed by atoms with Crippen molar-refractivity contribution in [2.24, 2.45) is 5.41 Å². The maximum Gasteiger partial charge on any atom is 0.144 e. The van der Waals surface area contributed by atoms with E-state index in [-0.39, 0.29) is 55.4 Å². The highest BCUT2D eigenvalue weighted by molar-refractivity contribution is 6.09. The minimum Gasteiger partial charge on any atom is -0.455 e. The number of rotatable bonds is 15. The van der Waals surface area contributed by atoms with Gasteiger partial charge in [-0.3, -0.25) is 15.0 Å². The number of aromatic nitrogens is 3. The minimum atomic E-state index is -3.49. The number of furan rings is 1. The molecule has 4 aromatic heterocycles. The van der Waals surface area contributed by atoms with Gasteiger partial charge < -0.3 is 4.42 Å². The molecule has 0 fully saturated rings. The van der Waals surface area contributed by atoms with E-state index in [1.807, 2.05) is 0 Å². The fraction of sp³-hybridized carbons (Fsp3) is 0.274. The van der Waals surface area contributed by atoms with Crippen LogP contribution in [0.1, 0.15) is 135 Å². The van der Waals surface area contributed by atoms with Gasteiger partial charge in [0.1, 0.15) is 17.0 Å². The Balaban J connectivity index is 1.28. The van der Waals surface area contributed by atoms with Crippen molar-refractivity contribution in [1.82, 2.24) is 15.0 Å². The van der Waals surface area contributed by atoms with Crippen LogP contribution in [0, 0.1) is 11.2 Å². The smallest absolute Gasteiger partial charge is 0.144 e. The highest BCUT2D eigenvalue weighted by Gasteiger charge is 2.20. The average molecular weight is 902 g/mol. The number of para-hydroxylation sites is 1. The fourth-order valence-electron chi connectivity index (χ4n) is 7.79. The Bertz CT molecular complexity index is 3910. The van der Waals surface area contributed by atoms with Gasteiger partial charge in [-0.1, -0.05) is 139 Å². The molecule has 0 saturated carbocycles. The Morgan fingerprint density at radius 1 is 0.567 bits per heavy atom. The van der Waals surface area contributed by atoms with Crippen LogP contribution in [0.3, 0.4) is 0 Å². The van der Waals surface area contributed by atoms with Crippen LogP contribution in [0.2, 0.25) is 0 Å². The molecule has 0 saturated heterocycles. The zero-order chi connectivity index (χ0) is 62.8. The zero-order valence-electron chi connectivity index (χ0n) is 56.4. The predicted octanol–water partition coefficient (Wildman–Crippen LogP) is 16.1. The standard InChI is InChI=1S/C62H62FN3O/c1-40(2)54-34-57(45-15-10-8-11-16-45)64-38-48(54)25-22-43-29-42(30-44(31-43)23-26-49-39-65-58(35-55(49)41(3)4)46-17-12-9-13-18-46)21-24-47-37-66-59(32-50(47)36-62(5,6)7)53-20-14-19-52-56-33-51(63)27-28-60(56)67-61(52)53/h8-20,27-35,37-41H,21-26,36H2,1-7H3/i21D2,22D2,23D2,24D2,25D2,26D2,27D,33D,36D2,40D,41D. The van der Waals surface area contributed by atoms with Crippen molar-refractivity contribution in [3.05, 3.63) is 208 Å². The molecule has 0 radical (unpaired) electrons. The molecule has 0 atom stereocenters. The van der Waals surface area contributed by atoms with E-state index < -0.39 is 108 Å². The third-order valence-electron chi connectivity index (χ3n) is 11.0. The highest BCUT2D eigenvalue weighted by atomic mass is 19.1. The molecule has 0 unspecified atom stereocenters. The summed E-state index contributed by atoms with van der Waals surface area (Å²) in [6.45, 7) is 10.5. The van der Waals surface area contributed by atoms with E-state index in [1.54, 1.807) is 99.6 Å². The molecule has 9 aromatic rings. The molecule has 5 heteroatoms. The first-order chi connectivity index (χ1) is 39.1. The van der Waals surface area contributed by atoms with Crippen molar-refractivity contribution >= 4 is 21.9 Å². The lowest BCUT2D eigenvalue weighted by Gasteiger charge is -2.21. The summed E-state index contributed by atoms with van der Waals surface area (Å²) in [6.07, 6.45) is -19.4. The topological polar surface area (TPSA) is 51.8 Å². The molecular weight excluding hydrogens is 822 g/mol. The number of benzene rings is 5. The van der Waals surface area contributed by atoms with Crippen LogP contribution in [-0.2, 0) is 44.6 Å². The van der Waals surface area contributed by atoms with Gasteiger partial charge in [-0.15, -0.1) is 0 Å².